The molecule has 2 unspecified atom stereocenters. The van der Waals surface area contributed by atoms with Crippen LogP contribution in [-0.4, -0.2) is 44.0 Å². The van der Waals surface area contributed by atoms with E-state index in [-0.39, 0.29) is 6.10 Å². The number of likely N-dealkylation sites (tertiary alicyclic amines) is 1. The van der Waals surface area contributed by atoms with Crippen molar-refractivity contribution < 1.29 is 5.11 Å². The van der Waals surface area contributed by atoms with Gasteiger partial charge in [0.15, 0.2) is 0 Å². The van der Waals surface area contributed by atoms with Crippen LogP contribution in [0.1, 0.15) is 18.9 Å². The largest absolute Gasteiger partial charge is 0.393 e. The minimum absolute atomic E-state index is 0.244. The van der Waals surface area contributed by atoms with Gasteiger partial charge in [-0.15, -0.1) is 0 Å². The Bertz CT molecular complexity index is 845. The zero-order valence-corrected chi connectivity index (χ0v) is 15.0. The van der Waals surface area contributed by atoms with Crippen LogP contribution in [0.2, 0.25) is 0 Å². The van der Waals surface area contributed by atoms with Crippen molar-refractivity contribution in [3.05, 3.63) is 66.6 Å². The van der Waals surface area contributed by atoms with Crippen LogP contribution in [0.25, 0.3) is 16.9 Å². The lowest BCUT2D eigenvalue weighted by Crippen LogP contribution is -2.24. The summed E-state index contributed by atoms with van der Waals surface area (Å²) in [6, 6.07) is 14.2. The van der Waals surface area contributed by atoms with Crippen molar-refractivity contribution in [3.63, 3.8) is 0 Å². The summed E-state index contributed by atoms with van der Waals surface area (Å²) in [5, 5.41) is 14.7. The van der Waals surface area contributed by atoms with Gasteiger partial charge in [0.25, 0.3) is 0 Å². The van der Waals surface area contributed by atoms with E-state index in [0.29, 0.717) is 5.92 Å². The van der Waals surface area contributed by atoms with E-state index in [2.05, 4.69) is 28.2 Å². The maximum atomic E-state index is 9.87. The molecule has 0 bridgehead atoms. The number of para-hydroxylation sites is 1. The molecule has 1 aromatic carbocycles. The number of hydrogen-bond acceptors (Lipinski definition) is 4. The molecule has 1 aliphatic rings. The van der Waals surface area contributed by atoms with Crippen LogP contribution < -0.4 is 0 Å². The zero-order valence-electron chi connectivity index (χ0n) is 15.0. The van der Waals surface area contributed by atoms with Crippen LogP contribution in [0.5, 0.6) is 0 Å². The number of aromatic nitrogens is 3. The number of pyridine rings is 1. The maximum Gasteiger partial charge on any atom is 0.0973 e. The van der Waals surface area contributed by atoms with Crippen molar-refractivity contribution in [1.29, 1.82) is 0 Å². The molecule has 2 aromatic heterocycles. The second-order valence-corrected chi connectivity index (χ2v) is 7.04. The highest BCUT2D eigenvalue weighted by Crippen LogP contribution is 2.27. The predicted molar refractivity (Wildman–Crippen MR) is 102 cm³/mol. The molecule has 1 N–H and O–H groups in total. The summed E-state index contributed by atoms with van der Waals surface area (Å²) in [6.45, 7) is 4.68. The van der Waals surface area contributed by atoms with E-state index in [1.165, 1.54) is 5.56 Å². The van der Waals surface area contributed by atoms with Gasteiger partial charge in [0.2, 0.25) is 0 Å². The van der Waals surface area contributed by atoms with E-state index in [1.54, 1.807) is 12.4 Å². The third kappa shape index (κ3) is 3.54. The van der Waals surface area contributed by atoms with E-state index in [0.717, 1.165) is 43.0 Å². The first kappa shape index (κ1) is 16.9. The molecule has 5 heteroatoms. The molecule has 3 aromatic rings. The molecule has 0 saturated carbocycles. The van der Waals surface area contributed by atoms with Crippen molar-refractivity contribution in [2.75, 3.05) is 13.1 Å². The van der Waals surface area contributed by atoms with Crippen LogP contribution >= 0.6 is 0 Å². The Morgan fingerprint density at radius 1 is 1.15 bits per heavy atom. The Morgan fingerprint density at radius 3 is 2.62 bits per heavy atom. The maximum absolute atomic E-state index is 9.87. The first-order chi connectivity index (χ1) is 12.7. The summed E-state index contributed by atoms with van der Waals surface area (Å²) in [5.41, 5.74) is 4.33. The van der Waals surface area contributed by atoms with Crippen LogP contribution in [0.3, 0.4) is 0 Å². The van der Waals surface area contributed by atoms with E-state index in [9.17, 15) is 5.11 Å². The van der Waals surface area contributed by atoms with Gasteiger partial charge in [-0.05, 0) is 50.1 Å². The van der Waals surface area contributed by atoms with E-state index in [1.807, 2.05) is 41.9 Å². The highest BCUT2D eigenvalue weighted by atomic mass is 16.3. The van der Waals surface area contributed by atoms with E-state index in [4.69, 9.17) is 5.10 Å². The molecular formula is C21H24N4O. The van der Waals surface area contributed by atoms with Crippen molar-refractivity contribution in [3.8, 4) is 16.9 Å². The smallest absolute Gasteiger partial charge is 0.0973 e. The van der Waals surface area contributed by atoms with Crippen LogP contribution in [0.4, 0.5) is 0 Å². The molecule has 0 spiro atoms. The Kier molecular flexibility index (Phi) is 4.82. The normalized spacial score (nSPS) is 18.9. The van der Waals surface area contributed by atoms with Gasteiger partial charge < -0.3 is 5.11 Å². The van der Waals surface area contributed by atoms with Gasteiger partial charge in [0.05, 0.1) is 17.5 Å². The number of aliphatic hydroxyl groups excluding tert-OH is 1. The van der Waals surface area contributed by atoms with E-state index < -0.39 is 0 Å². The molecule has 5 nitrogen and oxygen atoms in total. The molecule has 0 amide bonds. The molecule has 26 heavy (non-hydrogen) atoms. The molecule has 2 atom stereocenters. The van der Waals surface area contributed by atoms with Crippen molar-refractivity contribution in [2.24, 2.45) is 5.92 Å². The highest BCUT2D eigenvalue weighted by Gasteiger charge is 2.27. The highest BCUT2D eigenvalue weighted by molar-refractivity contribution is 5.62. The molecule has 0 aliphatic carbocycles. The molecule has 1 aliphatic heterocycles. The lowest BCUT2D eigenvalue weighted by atomic mass is 10.0. The third-order valence-corrected chi connectivity index (χ3v) is 5.15. The van der Waals surface area contributed by atoms with Crippen molar-refractivity contribution >= 4 is 0 Å². The van der Waals surface area contributed by atoms with Crippen LogP contribution in [0.15, 0.2) is 61.1 Å². The van der Waals surface area contributed by atoms with Gasteiger partial charge >= 0.3 is 0 Å². The Morgan fingerprint density at radius 2 is 1.92 bits per heavy atom. The van der Waals surface area contributed by atoms with Gasteiger partial charge in [-0.3, -0.25) is 9.88 Å². The SMILES string of the molecule is CC(O)C1CCN(Cc2cn(-c3ccccc3)nc2-c2ccncc2)C1. The average Bonchev–Trinajstić information content (AvgIpc) is 3.31. The second-order valence-electron chi connectivity index (χ2n) is 7.04. The molecule has 3 heterocycles. The summed E-state index contributed by atoms with van der Waals surface area (Å²) in [5.74, 6) is 0.364. The lowest BCUT2D eigenvalue weighted by Gasteiger charge is -2.17. The molecule has 0 radical (unpaired) electrons. The summed E-state index contributed by atoms with van der Waals surface area (Å²) in [6.07, 6.45) is 6.54. The summed E-state index contributed by atoms with van der Waals surface area (Å²) in [7, 11) is 0. The van der Waals surface area contributed by atoms with Crippen LogP contribution in [-0.2, 0) is 6.54 Å². The third-order valence-electron chi connectivity index (χ3n) is 5.15. The Labute approximate surface area is 153 Å². The fourth-order valence-electron chi connectivity index (χ4n) is 3.63. The monoisotopic (exact) mass is 348 g/mol. The number of aliphatic hydroxyl groups is 1. The molecular weight excluding hydrogens is 324 g/mol. The molecule has 1 saturated heterocycles. The van der Waals surface area contributed by atoms with Crippen molar-refractivity contribution in [2.45, 2.75) is 26.0 Å². The minimum atomic E-state index is -0.244. The van der Waals surface area contributed by atoms with Crippen molar-refractivity contribution in [1.82, 2.24) is 19.7 Å². The summed E-state index contributed by atoms with van der Waals surface area (Å²) < 4.78 is 1.95. The molecule has 1 fully saturated rings. The zero-order chi connectivity index (χ0) is 17.9. The first-order valence-electron chi connectivity index (χ1n) is 9.15. The fourth-order valence-corrected chi connectivity index (χ4v) is 3.63. The minimum Gasteiger partial charge on any atom is -0.393 e. The first-order valence-corrected chi connectivity index (χ1v) is 9.15. The van der Waals surface area contributed by atoms with Gasteiger partial charge in [-0.1, -0.05) is 18.2 Å². The molecule has 4 rings (SSSR count). The van der Waals surface area contributed by atoms with Gasteiger partial charge in [-0.2, -0.15) is 5.10 Å². The number of nitrogens with zero attached hydrogens (tertiary/aromatic N) is 4. The van der Waals surface area contributed by atoms with Gasteiger partial charge in [0.1, 0.15) is 0 Å². The van der Waals surface area contributed by atoms with E-state index >= 15 is 0 Å². The number of benzene rings is 1. The van der Waals surface area contributed by atoms with Gasteiger partial charge in [0, 0.05) is 42.8 Å². The number of hydrogen-bond donors (Lipinski definition) is 1. The average molecular weight is 348 g/mol. The standard InChI is InChI=1S/C21H24N4O/c1-16(26)18-9-12-24(13-18)14-19-15-25(20-5-3-2-4-6-20)23-21(19)17-7-10-22-11-8-17/h2-8,10-11,15-16,18,26H,9,12-14H2,1H3. The second kappa shape index (κ2) is 7.40. The lowest BCUT2D eigenvalue weighted by molar-refractivity contribution is 0.127. The molecule has 134 valence electrons. The summed E-state index contributed by atoms with van der Waals surface area (Å²) >= 11 is 0. The van der Waals surface area contributed by atoms with Gasteiger partial charge in [-0.25, -0.2) is 4.68 Å². The Hall–Kier alpha value is -2.50. The number of rotatable bonds is 5. The fraction of sp³-hybridized carbons (Fsp3) is 0.333. The predicted octanol–water partition coefficient (Wildman–Crippen LogP) is 3.14. The quantitative estimate of drug-likeness (QED) is 0.770. The Balaban J connectivity index is 1.65. The summed E-state index contributed by atoms with van der Waals surface area (Å²) in [4.78, 5) is 6.54. The van der Waals surface area contributed by atoms with Crippen LogP contribution in [0, 0.1) is 5.92 Å². The topological polar surface area (TPSA) is 54.2 Å².